The molecule has 2 N–H and O–H groups in total. The molecule has 0 aromatic heterocycles. The Bertz CT molecular complexity index is 1270. The molecule has 1 amide bonds. The van der Waals surface area contributed by atoms with Crippen molar-refractivity contribution in [3.8, 4) is 11.5 Å². The highest BCUT2D eigenvalue weighted by Gasteiger charge is 2.32. The van der Waals surface area contributed by atoms with Crippen LogP contribution < -0.4 is 14.8 Å². The van der Waals surface area contributed by atoms with Gasteiger partial charge in [0.05, 0.1) is 19.2 Å². The van der Waals surface area contributed by atoms with Crippen molar-refractivity contribution in [2.24, 2.45) is 10.2 Å². The van der Waals surface area contributed by atoms with Crippen molar-refractivity contribution >= 4 is 45.8 Å². The number of carboxylic acids is 1. The Balaban J connectivity index is 1.45. The fourth-order valence-corrected chi connectivity index (χ4v) is 4.37. The van der Waals surface area contributed by atoms with Crippen LogP contribution in [0.25, 0.3) is 10.8 Å². The molecule has 0 saturated carbocycles. The summed E-state index contributed by atoms with van der Waals surface area (Å²) in [5, 5.41) is 21.3. The van der Waals surface area contributed by atoms with Crippen LogP contribution >= 0.6 is 11.8 Å². The first-order valence-corrected chi connectivity index (χ1v) is 11.6. The summed E-state index contributed by atoms with van der Waals surface area (Å²) in [5.41, 5.74) is 1.82. The standard InChI is InChI=1S/C25H23N3O5S/c1-2-32-21-12-16(14-26-28-25-27-24(31)22(34-25)13-23(29)30)10-11-20(21)33-15-18-8-5-7-17-6-3-4-9-19(17)18/h3-12,14,22H,2,13,15H2,1H3,(H,29,30)(H,27,28,31)/b26-14+. The fraction of sp³-hybridized carbons (Fsp3) is 0.200. The number of carbonyl (C=O) groups excluding carboxylic acids is 1. The second kappa shape index (κ2) is 10.8. The lowest BCUT2D eigenvalue weighted by Crippen LogP contribution is -2.26. The predicted octanol–water partition coefficient (Wildman–Crippen LogP) is 4.21. The van der Waals surface area contributed by atoms with E-state index < -0.39 is 11.2 Å². The molecule has 1 aliphatic heterocycles. The molecule has 0 radical (unpaired) electrons. The Morgan fingerprint density at radius 2 is 1.94 bits per heavy atom. The van der Waals surface area contributed by atoms with E-state index in [-0.39, 0.29) is 17.5 Å². The number of aliphatic carboxylic acids is 1. The summed E-state index contributed by atoms with van der Waals surface area (Å²) >= 11 is 1.05. The molecule has 0 spiro atoms. The van der Waals surface area contributed by atoms with Gasteiger partial charge in [-0.15, -0.1) is 5.10 Å². The summed E-state index contributed by atoms with van der Waals surface area (Å²) in [4.78, 5) is 22.6. The first-order chi connectivity index (χ1) is 16.5. The lowest BCUT2D eigenvalue weighted by atomic mass is 10.1. The number of fused-ring (bicyclic) bond motifs is 1. The monoisotopic (exact) mass is 477 g/mol. The van der Waals surface area contributed by atoms with Gasteiger partial charge in [-0.1, -0.05) is 54.2 Å². The van der Waals surface area contributed by atoms with Crippen molar-refractivity contribution in [2.75, 3.05) is 6.61 Å². The van der Waals surface area contributed by atoms with E-state index in [1.54, 1.807) is 6.07 Å². The molecule has 0 aliphatic carbocycles. The zero-order valence-corrected chi connectivity index (χ0v) is 19.2. The van der Waals surface area contributed by atoms with Crippen molar-refractivity contribution in [1.29, 1.82) is 0 Å². The molecule has 1 unspecified atom stereocenters. The summed E-state index contributed by atoms with van der Waals surface area (Å²) in [6, 6.07) is 19.8. The second-order valence-corrected chi connectivity index (χ2v) is 8.60. The van der Waals surface area contributed by atoms with E-state index in [0.717, 1.165) is 33.7 Å². The molecule has 1 aliphatic rings. The Labute approximate surface area is 200 Å². The maximum absolute atomic E-state index is 11.8. The van der Waals surface area contributed by atoms with Gasteiger partial charge in [-0.25, -0.2) is 0 Å². The molecule has 0 bridgehead atoms. The molecule has 174 valence electrons. The molecule has 1 saturated heterocycles. The molecule has 9 heteroatoms. The number of nitrogens with one attached hydrogen (secondary N) is 1. The van der Waals surface area contributed by atoms with Gasteiger partial charge < -0.3 is 19.9 Å². The van der Waals surface area contributed by atoms with Crippen LogP contribution in [-0.4, -0.2) is 40.2 Å². The number of amides is 1. The lowest BCUT2D eigenvalue weighted by Gasteiger charge is -2.13. The van der Waals surface area contributed by atoms with E-state index >= 15 is 0 Å². The van der Waals surface area contributed by atoms with Gasteiger partial charge in [0.15, 0.2) is 16.7 Å². The highest BCUT2D eigenvalue weighted by Crippen LogP contribution is 2.30. The van der Waals surface area contributed by atoms with Gasteiger partial charge in [0.1, 0.15) is 11.9 Å². The number of rotatable bonds is 9. The van der Waals surface area contributed by atoms with Crippen LogP contribution in [-0.2, 0) is 16.2 Å². The third-order valence-corrected chi connectivity index (χ3v) is 6.09. The van der Waals surface area contributed by atoms with E-state index in [9.17, 15) is 9.59 Å². The third kappa shape index (κ3) is 5.74. The maximum atomic E-state index is 11.8. The molecule has 4 rings (SSSR count). The number of carboxylic acid groups (broad SMARTS) is 1. The van der Waals surface area contributed by atoms with Crippen LogP contribution in [0.3, 0.4) is 0 Å². The van der Waals surface area contributed by atoms with Crippen LogP contribution in [0.2, 0.25) is 0 Å². The quantitative estimate of drug-likeness (QED) is 0.353. The van der Waals surface area contributed by atoms with Crippen molar-refractivity contribution in [3.05, 3.63) is 71.8 Å². The highest BCUT2D eigenvalue weighted by atomic mass is 32.2. The number of ether oxygens (including phenoxy) is 2. The SMILES string of the molecule is CCOc1cc(/C=N/N=C2\NC(=O)C(CC(=O)O)S2)ccc1OCc1cccc2ccccc12. The molecular weight excluding hydrogens is 454 g/mol. The second-order valence-electron chi connectivity index (χ2n) is 7.41. The number of thioether (sulfide) groups is 1. The van der Waals surface area contributed by atoms with Crippen LogP contribution in [0, 0.1) is 0 Å². The number of carbonyl (C=O) groups is 2. The van der Waals surface area contributed by atoms with E-state index in [1.165, 1.54) is 6.21 Å². The summed E-state index contributed by atoms with van der Waals surface area (Å²) in [6.07, 6.45) is 1.26. The number of benzene rings is 3. The molecule has 3 aromatic carbocycles. The van der Waals surface area contributed by atoms with Gasteiger partial charge >= 0.3 is 5.97 Å². The number of hydrogen-bond donors (Lipinski definition) is 2. The van der Waals surface area contributed by atoms with Gasteiger partial charge in [0.25, 0.3) is 0 Å². The molecular formula is C25H23N3O5S. The van der Waals surface area contributed by atoms with E-state index in [2.05, 4.69) is 33.7 Å². The molecule has 1 atom stereocenters. The van der Waals surface area contributed by atoms with Crippen molar-refractivity contribution in [2.45, 2.75) is 25.2 Å². The Morgan fingerprint density at radius 1 is 1.12 bits per heavy atom. The Hall–Kier alpha value is -3.85. The minimum absolute atomic E-state index is 0.267. The fourth-order valence-electron chi connectivity index (χ4n) is 3.46. The van der Waals surface area contributed by atoms with Crippen molar-refractivity contribution in [3.63, 3.8) is 0 Å². The molecule has 1 fully saturated rings. The van der Waals surface area contributed by atoms with E-state index in [1.807, 2.05) is 43.3 Å². The lowest BCUT2D eigenvalue weighted by molar-refractivity contribution is -0.138. The first-order valence-electron chi connectivity index (χ1n) is 10.7. The number of hydrogen-bond acceptors (Lipinski definition) is 7. The molecule has 3 aromatic rings. The summed E-state index contributed by atoms with van der Waals surface area (Å²) < 4.78 is 11.8. The van der Waals surface area contributed by atoms with Crippen molar-refractivity contribution in [1.82, 2.24) is 5.32 Å². The van der Waals surface area contributed by atoms with Crippen LogP contribution in [0.1, 0.15) is 24.5 Å². The van der Waals surface area contributed by atoms with Crippen LogP contribution in [0.15, 0.2) is 70.9 Å². The largest absolute Gasteiger partial charge is 0.490 e. The van der Waals surface area contributed by atoms with Crippen molar-refractivity contribution < 1.29 is 24.2 Å². The summed E-state index contributed by atoms with van der Waals surface area (Å²) in [7, 11) is 0. The molecule has 34 heavy (non-hydrogen) atoms. The highest BCUT2D eigenvalue weighted by molar-refractivity contribution is 8.15. The first kappa shape index (κ1) is 23.3. The molecule has 8 nitrogen and oxygen atoms in total. The van der Waals surface area contributed by atoms with E-state index in [4.69, 9.17) is 14.6 Å². The molecule has 1 heterocycles. The van der Waals surface area contributed by atoms with Crippen LogP contribution in [0.4, 0.5) is 0 Å². The van der Waals surface area contributed by atoms with Gasteiger partial charge in [-0.3, -0.25) is 9.59 Å². The summed E-state index contributed by atoms with van der Waals surface area (Å²) in [6.45, 7) is 2.77. The van der Waals surface area contributed by atoms with Gasteiger partial charge in [-0.05, 0) is 47.0 Å². The average molecular weight is 478 g/mol. The van der Waals surface area contributed by atoms with Gasteiger partial charge in [0, 0.05) is 0 Å². The average Bonchev–Trinajstić information content (AvgIpc) is 3.17. The minimum Gasteiger partial charge on any atom is -0.490 e. The third-order valence-electron chi connectivity index (χ3n) is 5.02. The topological polar surface area (TPSA) is 110 Å². The zero-order chi connectivity index (χ0) is 23.9. The summed E-state index contributed by atoms with van der Waals surface area (Å²) in [5.74, 6) is -0.214. The van der Waals surface area contributed by atoms with Gasteiger partial charge in [0.2, 0.25) is 5.91 Å². The zero-order valence-electron chi connectivity index (χ0n) is 18.4. The minimum atomic E-state index is -1.04. The smallest absolute Gasteiger partial charge is 0.305 e. The number of amidine groups is 1. The van der Waals surface area contributed by atoms with Crippen LogP contribution in [0.5, 0.6) is 11.5 Å². The Kier molecular flexibility index (Phi) is 7.44. The Morgan fingerprint density at radius 3 is 2.76 bits per heavy atom. The van der Waals surface area contributed by atoms with E-state index in [0.29, 0.717) is 24.7 Å². The maximum Gasteiger partial charge on any atom is 0.305 e. The number of nitrogens with zero attached hydrogens (tertiary/aromatic N) is 2. The normalized spacial score (nSPS) is 16.8. The predicted molar refractivity (Wildman–Crippen MR) is 133 cm³/mol. The van der Waals surface area contributed by atoms with Gasteiger partial charge in [-0.2, -0.15) is 5.10 Å².